The number of aromatic nitrogens is 3. The Balaban J connectivity index is 1.49. The fraction of sp³-hybridized carbons (Fsp3) is 0.452. The van der Waals surface area contributed by atoms with Crippen LogP contribution in [0.25, 0.3) is 16.7 Å². The lowest BCUT2D eigenvalue weighted by Crippen LogP contribution is -2.33. The molecule has 3 heterocycles. The van der Waals surface area contributed by atoms with Crippen LogP contribution in [-0.2, 0) is 19.4 Å². The Bertz CT molecular complexity index is 1520. The van der Waals surface area contributed by atoms with Crippen molar-refractivity contribution >= 4 is 11.0 Å². The Morgan fingerprint density at radius 2 is 1.92 bits per heavy atom. The molecule has 0 bridgehead atoms. The van der Waals surface area contributed by atoms with Gasteiger partial charge in [0, 0.05) is 10.9 Å². The van der Waals surface area contributed by atoms with Crippen LogP contribution in [0.2, 0.25) is 0 Å². The molecule has 0 saturated carbocycles. The van der Waals surface area contributed by atoms with Gasteiger partial charge in [-0.05, 0) is 87.9 Å². The molecule has 0 unspecified atom stereocenters. The van der Waals surface area contributed by atoms with E-state index < -0.39 is 0 Å². The van der Waals surface area contributed by atoms with E-state index in [0.717, 1.165) is 72.0 Å². The predicted octanol–water partition coefficient (Wildman–Crippen LogP) is 6.50. The summed E-state index contributed by atoms with van der Waals surface area (Å²) >= 11 is 0. The molecule has 0 aliphatic carbocycles. The minimum Gasteiger partial charge on any atom is -0.497 e. The van der Waals surface area contributed by atoms with Crippen LogP contribution in [0.15, 0.2) is 45.7 Å². The van der Waals surface area contributed by atoms with Crippen LogP contribution in [0.1, 0.15) is 75.3 Å². The van der Waals surface area contributed by atoms with Gasteiger partial charge in [0.2, 0.25) is 5.75 Å². The van der Waals surface area contributed by atoms with E-state index >= 15 is 0 Å². The Hall–Kier alpha value is -3.81. The van der Waals surface area contributed by atoms with Crippen LogP contribution >= 0.6 is 0 Å². The minimum atomic E-state index is -0.356. The Kier molecular flexibility index (Phi) is 7.64. The van der Waals surface area contributed by atoms with E-state index in [2.05, 4.69) is 37.1 Å². The summed E-state index contributed by atoms with van der Waals surface area (Å²) in [4.78, 5) is 13.1. The third-order valence-electron chi connectivity index (χ3n) is 7.46. The Labute approximate surface area is 228 Å². The third kappa shape index (κ3) is 5.65. The second kappa shape index (κ2) is 11.1. The first-order valence-corrected chi connectivity index (χ1v) is 13.8. The molecular formula is C31H37N3O5. The molecule has 0 saturated heterocycles. The normalized spacial score (nSPS) is 14.2. The van der Waals surface area contributed by atoms with Crippen molar-refractivity contribution in [2.24, 2.45) is 0 Å². The van der Waals surface area contributed by atoms with Crippen LogP contribution < -0.4 is 19.8 Å². The zero-order valence-electron chi connectivity index (χ0n) is 23.5. The van der Waals surface area contributed by atoms with Gasteiger partial charge in [-0.1, -0.05) is 31.4 Å². The summed E-state index contributed by atoms with van der Waals surface area (Å²) in [6.45, 7) is 8.46. The SMILES string of the molecule is CCCCCCc1c(C)c2cc3c(c(OCc4cn(-c5ccc(OC)cc5)nn4)c2oc1=O)OC(C)(C)CC3. The molecular weight excluding hydrogens is 494 g/mol. The van der Waals surface area contributed by atoms with Crippen molar-refractivity contribution in [2.75, 3.05) is 7.11 Å². The largest absolute Gasteiger partial charge is 0.497 e. The van der Waals surface area contributed by atoms with E-state index in [1.807, 2.05) is 37.4 Å². The first-order valence-electron chi connectivity index (χ1n) is 13.8. The topological polar surface area (TPSA) is 88.6 Å². The van der Waals surface area contributed by atoms with Gasteiger partial charge in [-0.25, -0.2) is 9.48 Å². The molecule has 5 rings (SSSR count). The molecule has 8 nitrogen and oxygen atoms in total. The van der Waals surface area contributed by atoms with E-state index in [1.54, 1.807) is 11.8 Å². The average molecular weight is 532 g/mol. The molecule has 0 spiro atoms. The summed E-state index contributed by atoms with van der Waals surface area (Å²) < 4.78 is 25.6. The van der Waals surface area contributed by atoms with Crippen molar-refractivity contribution < 1.29 is 18.6 Å². The summed E-state index contributed by atoms with van der Waals surface area (Å²) in [5.74, 6) is 1.86. The highest BCUT2D eigenvalue weighted by molar-refractivity contribution is 5.90. The fourth-order valence-electron chi connectivity index (χ4n) is 5.11. The standard InChI is InChI=1S/C31H37N3O5/c1-6-7-8-9-10-25-20(2)26-17-21-15-16-31(3,4)39-27(21)29(28(26)38-30(25)35)37-19-22-18-34(33-32-22)23-11-13-24(36-5)14-12-23/h11-14,17-18H,6-10,15-16,19H2,1-5H3. The van der Waals surface area contributed by atoms with Crippen molar-refractivity contribution in [2.45, 2.75) is 84.8 Å². The second-order valence-corrected chi connectivity index (χ2v) is 10.9. The number of benzene rings is 2. The van der Waals surface area contributed by atoms with Crippen molar-refractivity contribution in [1.29, 1.82) is 0 Å². The number of methoxy groups -OCH3 is 1. The van der Waals surface area contributed by atoms with Crippen LogP contribution in [0.5, 0.6) is 17.2 Å². The van der Waals surface area contributed by atoms with E-state index in [4.69, 9.17) is 18.6 Å². The van der Waals surface area contributed by atoms with Crippen molar-refractivity contribution in [3.8, 4) is 22.9 Å². The van der Waals surface area contributed by atoms with E-state index in [1.165, 1.54) is 6.42 Å². The molecule has 2 aromatic carbocycles. The molecule has 206 valence electrons. The molecule has 2 aromatic heterocycles. The van der Waals surface area contributed by atoms with Crippen molar-refractivity contribution in [3.05, 3.63) is 69.3 Å². The molecule has 0 radical (unpaired) electrons. The molecule has 0 N–H and O–H groups in total. The number of nitrogens with zero attached hydrogens (tertiary/aromatic N) is 3. The van der Waals surface area contributed by atoms with Gasteiger partial charge in [-0.3, -0.25) is 0 Å². The van der Waals surface area contributed by atoms with Gasteiger partial charge < -0.3 is 18.6 Å². The lowest BCUT2D eigenvalue weighted by atomic mass is 9.91. The monoisotopic (exact) mass is 531 g/mol. The van der Waals surface area contributed by atoms with Crippen LogP contribution in [0.3, 0.4) is 0 Å². The number of fused-ring (bicyclic) bond motifs is 2. The molecule has 0 atom stereocenters. The molecule has 4 aromatic rings. The van der Waals surface area contributed by atoms with Gasteiger partial charge in [0.1, 0.15) is 23.7 Å². The van der Waals surface area contributed by atoms with Gasteiger partial charge >= 0.3 is 5.63 Å². The highest BCUT2D eigenvalue weighted by Crippen LogP contribution is 2.46. The predicted molar refractivity (Wildman–Crippen MR) is 150 cm³/mol. The molecule has 39 heavy (non-hydrogen) atoms. The lowest BCUT2D eigenvalue weighted by Gasteiger charge is -2.33. The summed E-state index contributed by atoms with van der Waals surface area (Å²) in [5, 5.41) is 9.44. The Morgan fingerprint density at radius 3 is 2.67 bits per heavy atom. The van der Waals surface area contributed by atoms with Crippen LogP contribution in [0.4, 0.5) is 0 Å². The number of ether oxygens (including phenoxy) is 3. The van der Waals surface area contributed by atoms with Gasteiger partial charge in [0.05, 0.1) is 19.0 Å². The average Bonchev–Trinajstić information content (AvgIpc) is 3.40. The number of hydrogen-bond acceptors (Lipinski definition) is 7. The maximum absolute atomic E-state index is 13.1. The first-order chi connectivity index (χ1) is 18.8. The Morgan fingerprint density at radius 1 is 1.13 bits per heavy atom. The molecule has 1 aliphatic heterocycles. The summed E-state index contributed by atoms with van der Waals surface area (Å²) in [6, 6.07) is 9.67. The van der Waals surface area contributed by atoms with Crippen molar-refractivity contribution in [3.63, 3.8) is 0 Å². The maximum atomic E-state index is 13.1. The zero-order chi connectivity index (χ0) is 27.6. The highest BCUT2D eigenvalue weighted by atomic mass is 16.5. The van der Waals surface area contributed by atoms with Gasteiger partial charge in [-0.15, -0.1) is 5.10 Å². The van der Waals surface area contributed by atoms with Gasteiger partial charge in [0.25, 0.3) is 0 Å². The van der Waals surface area contributed by atoms with E-state index in [0.29, 0.717) is 22.8 Å². The zero-order valence-corrected chi connectivity index (χ0v) is 23.5. The lowest BCUT2D eigenvalue weighted by molar-refractivity contribution is 0.0787. The van der Waals surface area contributed by atoms with E-state index in [-0.39, 0.29) is 17.8 Å². The number of aryl methyl sites for hydroxylation is 2. The number of hydrogen-bond donors (Lipinski definition) is 0. The molecule has 0 fully saturated rings. The number of unbranched alkanes of at least 4 members (excludes halogenated alkanes) is 3. The maximum Gasteiger partial charge on any atom is 0.339 e. The van der Waals surface area contributed by atoms with E-state index in [9.17, 15) is 4.79 Å². The third-order valence-corrected chi connectivity index (χ3v) is 7.46. The second-order valence-electron chi connectivity index (χ2n) is 10.9. The summed E-state index contributed by atoms with van der Waals surface area (Å²) in [6.07, 6.45) is 8.68. The smallest absolute Gasteiger partial charge is 0.339 e. The summed E-state index contributed by atoms with van der Waals surface area (Å²) in [5.41, 5.74) is 4.03. The van der Waals surface area contributed by atoms with Crippen LogP contribution in [0, 0.1) is 6.92 Å². The first kappa shape index (κ1) is 26.8. The summed E-state index contributed by atoms with van der Waals surface area (Å²) in [7, 11) is 1.63. The van der Waals surface area contributed by atoms with Crippen molar-refractivity contribution in [1.82, 2.24) is 15.0 Å². The fourth-order valence-corrected chi connectivity index (χ4v) is 5.11. The highest BCUT2D eigenvalue weighted by Gasteiger charge is 2.32. The molecule has 0 amide bonds. The minimum absolute atomic E-state index is 0.146. The van der Waals surface area contributed by atoms with Crippen LogP contribution in [-0.4, -0.2) is 27.7 Å². The quantitative estimate of drug-likeness (QED) is 0.171. The molecule has 1 aliphatic rings. The molecule has 8 heteroatoms. The van der Waals surface area contributed by atoms with Gasteiger partial charge in [0.15, 0.2) is 11.3 Å². The van der Waals surface area contributed by atoms with Gasteiger partial charge in [-0.2, -0.15) is 0 Å². The number of rotatable bonds is 10.